The fourth-order valence-electron chi connectivity index (χ4n) is 6.14. The van der Waals surface area contributed by atoms with Crippen LogP contribution in [0.4, 0.5) is 0 Å². The Labute approximate surface area is 255 Å². The lowest BCUT2D eigenvalue weighted by atomic mass is 9.92. The van der Waals surface area contributed by atoms with Crippen LogP contribution in [0, 0.1) is 0 Å². The molecule has 2 saturated carbocycles. The van der Waals surface area contributed by atoms with E-state index >= 15 is 0 Å². The maximum absolute atomic E-state index is 14.2. The number of aliphatic hydroxyl groups is 1. The zero-order chi connectivity index (χ0) is 30.7. The molecule has 2 aromatic carbocycles. The third kappa shape index (κ3) is 6.46. The Bertz CT molecular complexity index is 1740. The van der Waals surface area contributed by atoms with Gasteiger partial charge in [0.15, 0.2) is 5.82 Å². The largest absolute Gasteiger partial charge is 0.439 e. The van der Waals surface area contributed by atoms with Crippen LogP contribution >= 0.6 is 0 Å². The van der Waals surface area contributed by atoms with Gasteiger partial charge in [0.2, 0.25) is 0 Å². The van der Waals surface area contributed by atoms with Gasteiger partial charge in [-0.15, -0.1) is 0 Å². The van der Waals surface area contributed by atoms with E-state index < -0.39 is 11.4 Å². The summed E-state index contributed by atoms with van der Waals surface area (Å²) in [5.41, 5.74) is 10.3. The molecule has 2 aliphatic carbocycles. The van der Waals surface area contributed by atoms with E-state index in [0.29, 0.717) is 36.7 Å². The van der Waals surface area contributed by atoms with Gasteiger partial charge in [-0.05, 0) is 73.9 Å². The quantitative estimate of drug-likeness (QED) is 0.224. The van der Waals surface area contributed by atoms with Crippen molar-refractivity contribution < 1.29 is 14.4 Å². The number of nitrogens with one attached hydrogen (secondary N) is 1. The highest BCUT2D eigenvalue weighted by atomic mass is 16.5. The first-order chi connectivity index (χ1) is 21.4. The molecule has 4 aromatic rings. The molecular formula is C34H39N5O5. The van der Waals surface area contributed by atoms with Crippen LogP contribution in [-0.4, -0.2) is 43.1 Å². The van der Waals surface area contributed by atoms with E-state index in [1.807, 2.05) is 53.1 Å². The predicted molar refractivity (Wildman–Crippen MR) is 168 cm³/mol. The van der Waals surface area contributed by atoms with Crippen LogP contribution in [0.1, 0.15) is 80.6 Å². The molecule has 0 bridgehead atoms. The molecule has 0 radical (unpaired) electrons. The van der Waals surface area contributed by atoms with Crippen LogP contribution in [0.3, 0.4) is 0 Å². The van der Waals surface area contributed by atoms with Crippen molar-refractivity contribution in [1.29, 1.82) is 0 Å². The van der Waals surface area contributed by atoms with Crippen molar-refractivity contribution in [3.63, 3.8) is 0 Å². The van der Waals surface area contributed by atoms with Crippen LogP contribution in [0.25, 0.3) is 28.6 Å². The molecule has 0 saturated heterocycles. The molecule has 2 fully saturated rings. The number of hydrogen-bond donors (Lipinski definition) is 3. The van der Waals surface area contributed by atoms with Crippen molar-refractivity contribution in [2.45, 2.75) is 82.5 Å². The summed E-state index contributed by atoms with van der Waals surface area (Å²) in [6.45, 7) is 2.48. The number of hydrogen-bond acceptors (Lipinski definition) is 8. The van der Waals surface area contributed by atoms with Crippen molar-refractivity contribution in [3.05, 3.63) is 98.3 Å². The lowest BCUT2D eigenvalue weighted by molar-refractivity contribution is -0.0389. The van der Waals surface area contributed by atoms with Crippen molar-refractivity contribution in [1.82, 2.24) is 19.7 Å². The Hall–Kier alpha value is -4.28. The van der Waals surface area contributed by atoms with Gasteiger partial charge in [0.25, 0.3) is 5.56 Å². The number of benzene rings is 2. The number of nitrogens with two attached hydrogens (primary N) is 1. The smallest absolute Gasteiger partial charge is 0.404 e. The molecule has 0 aliphatic heterocycles. The molecule has 10 heteroatoms. The first-order valence-electron chi connectivity index (χ1n) is 15.5. The number of rotatable bonds is 11. The van der Waals surface area contributed by atoms with Crippen LogP contribution < -0.4 is 17.0 Å². The van der Waals surface area contributed by atoms with Crippen molar-refractivity contribution in [3.8, 4) is 22.5 Å². The topological polar surface area (TPSA) is 149 Å². The minimum atomic E-state index is -0.625. The SMILES string of the molecule is CCCc1nc(C=CN)n(C2CCC(OCC3(O)CC3)CC2)c(=O)c1Cc1ccc(-c2ccccc2-c2noc(=O)[nH]2)cc1. The summed E-state index contributed by atoms with van der Waals surface area (Å²) in [5.74, 6) is 0.368. The lowest BCUT2D eigenvalue weighted by Gasteiger charge is -2.31. The van der Waals surface area contributed by atoms with Crippen LogP contribution in [0.2, 0.25) is 0 Å². The van der Waals surface area contributed by atoms with Gasteiger partial charge in [-0.3, -0.25) is 18.9 Å². The van der Waals surface area contributed by atoms with Gasteiger partial charge in [-0.2, -0.15) is 0 Å². The molecule has 2 aliphatic rings. The average molecular weight is 598 g/mol. The van der Waals surface area contributed by atoms with Gasteiger partial charge in [0.05, 0.1) is 24.0 Å². The molecule has 230 valence electrons. The second-order valence-corrected chi connectivity index (χ2v) is 12.0. The van der Waals surface area contributed by atoms with Crippen molar-refractivity contribution >= 4 is 6.08 Å². The van der Waals surface area contributed by atoms with E-state index in [4.69, 9.17) is 20.0 Å². The minimum absolute atomic E-state index is 0.00124. The third-order valence-electron chi connectivity index (χ3n) is 8.75. The zero-order valence-corrected chi connectivity index (χ0v) is 25.0. The van der Waals surface area contributed by atoms with Crippen LogP contribution in [0.5, 0.6) is 0 Å². The summed E-state index contributed by atoms with van der Waals surface area (Å²) in [5, 5.41) is 14.0. The van der Waals surface area contributed by atoms with Gasteiger partial charge in [0, 0.05) is 23.6 Å². The summed E-state index contributed by atoms with van der Waals surface area (Å²) in [7, 11) is 0. The zero-order valence-electron chi connectivity index (χ0n) is 25.0. The summed E-state index contributed by atoms with van der Waals surface area (Å²) >= 11 is 0. The van der Waals surface area contributed by atoms with Crippen LogP contribution in [-0.2, 0) is 17.6 Å². The van der Waals surface area contributed by atoms with Gasteiger partial charge >= 0.3 is 5.76 Å². The van der Waals surface area contributed by atoms with Gasteiger partial charge in [0.1, 0.15) is 5.82 Å². The summed E-state index contributed by atoms with van der Waals surface area (Å²) in [6.07, 6.45) is 10.2. The minimum Gasteiger partial charge on any atom is -0.404 e. The summed E-state index contributed by atoms with van der Waals surface area (Å²) in [6, 6.07) is 15.8. The number of nitrogens with zero attached hydrogens (tertiary/aromatic N) is 3. The molecule has 2 heterocycles. The fourth-order valence-corrected chi connectivity index (χ4v) is 6.14. The molecule has 0 unspecified atom stereocenters. The molecule has 2 aromatic heterocycles. The lowest BCUT2D eigenvalue weighted by Crippen LogP contribution is -2.35. The number of aryl methyl sites for hydroxylation is 1. The number of H-pyrrole nitrogens is 1. The third-order valence-corrected chi connectivity index (χ3v) is 8.75. The van der Waals surface area contributed by atoms with E-state index in [-0.39, 0.29) is 17.7 Å². The fraction of sp³-hybridized carbons (Fsp3) is 0.412. The molecule has 10 nitrogen and oxygen atoms in total. The Balaban J connectivity index is 1.27. The molecule has 6 rings (SSSR count). The Kier molecular flexibility index (Phi) is 8.63. The number of aromatic amines is 1. The molecule has 0 amide bonds. The van der Waals surface area contributed by atoms with Gasteiger partial charge in [-0.1, -0.05) is 67.0 Å². The maximum Gasteiger partial charge on any atom is 0.439 e. The molecule has 44 heavy (non-hydrogen) atoms. The molecule has 4 N–H and O–H groups in total. The van der Waals surface area contributed by atoms with Crippen molar-refractivity contribution in [2.75, 3.05) is 6.61 Å². The number of aromatic nitrogens is 4. The van der Waals surface area contributed by atoms with Crippen LogP contribution in [0.15, 0.2) is 68.8 Å². The highest BCUT2D eigenvalue weighted by Crippen LogP contribution is 2.37. The average Bonchev–Trinajstić information content (AvgIpc) is 3.62. The Morgan fingerprint density at radius 1 is 1.09 bits per heavy atom. The van der Waals surface area contributed by atoms with Crippen molar-refractivity contribution in [2.24, 2.45) is 5.73 Å². The van der Waals surface area contributed by atoms with Gasteiger partial charge in [-0.25, -0.2) is 9.78 Å². The summed E-state index contributed by atoms with van der Waals surface area (Å²) < 4.78 is 12.6. The molecular weight excluding hydrogens is 558 g/mol. The first kappa shape index (κ1) is 29.8. The maximum atomic E-state index is 14.2. The Morgan fingerprint density at radius 3 is 2.45 bits per heavy atom. The standard InChI is InChI=1S/C34H39N5O5/c1-2-5-29-28(20-22-8-10-23(11-9-22)26-6-3-4-7-27(26)31-37-33(41)44-38-31)32(40)39(30(36-29)16-19-35)24-12-14-25(15-13-24)43-21-34(42)17-18-34/h3-4,6-11,16,19,24-25,42H,2,5,12-15,17-18,20-21,35H2,1H3,(H,37,38,41). The monoisotopic (exact) mass is 597 g/mol. The Morgan fingerprint density at radius 2 is 1.82 bits per heavy atom. The molecule has 0 spiro atoms. The summed E-state index contributed by atoms with van der Waals surface area (Å²) in [4.78, 5) is 33.4. The van der Waals surface area contributed by atoms with E-state index in [9.17, 15) is 14.7 Å². The first-order valence-corrected chi connectivity index (χ1v) is 15.5. The highest BCUT2D eigenvalue weighted by Gasteiger charge is 2.41. The molecule has 0 atom stereocenters. The predicted octanol–water partition coefficient (Wildman–Crippen LogP) is 4.75. The second-order valence-electron chi connectivity index (χ2n) is 12.0. The van der Waals surface area contributed by atoms with E-state index in [0.717, 1.165) is 72.9 Å². The van der Waals surface area contributed by atoms with E-state index in [1.54, 1.807) is 6.08 Å². The normalized spacial score (nSPS) is 19.4. The van der Waals surface area contributed by atoms with E-state index in [1.165, 1.54) is 6.20 Å². The highest BCUT2D eigenvalue weighted by molar-refractivity contribution is 5.80. The van der Waals surface area contributed by atoms with E-state index in [2.05, 4.69) is 17.1 Å². The van der Waals surface area contributed by atoms with Gasteiger partial charge < -0.3 is 15.6 Å². The number of ether oxygens (including phenoxy) is 1. The second kappa shape index (κ2) is 12.8.